The molecule has 1 unspecified atom stereocenters. The Morgan fingerprint density at radius 2 is 1.48 bits per heavy atom. The number of nitrogens with one attached hydrogen (secondary N) is 1. The maximum atomic E-state index is 11.7. The lowest BCUT2D eigenvalue weighted by molar-refractivity contribution is -0.138. The number of carboxylic acid groups (broad SMARTS) is 1. The van der Waals surface area contributed by atoms with E-state index in [1.54, 1.807) is 18.3 Å². The number of aliphatic carboxylic acids is 1. The molecule has 3 aromatic carbocycles. The maximum Gasteiger partial charge on any atom is 0.330 e. The number of para-hydroxylation sites is 2. The molecule has 0 saturated heterocycles. The fourth-order valence-corrected chi connectivity index (χ4v) is 2.49. The topological polar surface area (TPSA) is 61.7 Å². The highest BCUT2D eigenvalue weighted by Crippen LogP contribution is 2.23. The molecule has 0 radical (unpaired) electrons. The van der Waals surface area contributed by atoms with Gasteiger partial charge >= 0.3 is 5.97 Å². The van der Waals surface area contributed by atoms with E-state index in [1.165, 1.54) is 0 Å². The Morgan fingerprint density at radius 1 is 0.880 bits per heavy atom. The van der Waals surface area contributed by atoms with E-state index in [4.69, 9.17) is 0 Å². The Kier molecular flexibility index (Phi) is 5.22. The Hall–Kier alpha value is -3.40. The van der Waals surface area contributed by atoms with E-state index < -0.39 is 12.0 Å². The summed E-state index contributed by atoms with van der Waals surface area (Å²) in [5, 5.41) is 12.7. The van der Waals surface area contributed by atoms with Crippen LogP contribution in [-0.4, -0.2) is 17.3 Å². The monoisotopic (exact) mass is 330 g/mol. The number of rotatable bonds is 6. The minimum absolute atomic E-state index is 0.699. The number of anilines is 1. The molecule has 0 saturated carbocycles. The van der Waals surface area contributed by atoms with Crippen LogP contribution in [0.15, 0.2) is 89.9 Å². The van der Waals surface area contributed by atoms with Crippen molar-refractivity contribution in [2.24, 2.45) is 4.99 Å². The SMILES string of the molecule is O=C(O)C(Nc1ccccc1C=Nc1ccccc1)c1ccccc1. The number of carboxylic acids is 1. The van der Waals surface area contributed by atoms with Gasteiger partial charge in [-0.3, -0.25) is 4.99 Å². The molecule has 2 N–H and O–H groups in total. The minimum Gasteiger partial charge on any atom is -0.479 e. The molecule has 0 heterocycles. The Balaban J connectivity index is 1.87. The summed E-state index contributed by atoms with van der Waals surface area (Å²) >= 11 is 0. The normalized spacial score (nSPS) is 12.0. The van der Waals surface area contributed by atoms with E-state index in [1.807, 2.05) is 72.8 Å². The summed E-state index contributed by atoms with van der Waals surface area (Å²) in [6, 6.07) is 25.4. The Labute approximate surface area is 146 Å². The van der Waals surface area contributed by atoms with Gasteiger partial charge in [-0.25, -0.2) is 4.79 Å². The average Bonchev–Trinajstić information content (AvgIpc) is 2.66. The van der Waals surface area contributed by atoms with Gasteiger partial charge in [-0.05, 0) is 23.8 Å². The predicted octanol–water partition coefficient (Wildman–Crippen LogP) is 4.68. The Morgan fingerprint density at radius 3 is 2.16 bits per heavy atom. The highest BCUT2D eigenvalue weighted by molar-refractivity contribution is 5.90. The van der Waals surface area contributed by atoms with Crippen LogP contribution < -0.4 is 5.32 Å². The zero-order valence-corrected chi connectivity index (χ0v) is 13.5. The van der Waals surface area contributed by atoms with Crippen molar-refractivity contribution in [1.82, 2.24) is 0 Å². The molecule has 0 aliphatic rings. The van der Waals surface area contributed by atoms with E-state index >= 15 is 0 Å². The molecule has 0 aromatic heterocycles. The smallest absolute Gasteiger partial charge is 0.330 e. The summed E-state index contributed by atoms with van der Waals surface area (Å²) in [7, 11) is 0. The van der Waals surface area contributed by atoms with Gasteiger partial charge in [0.25, 0.3) is 0 Å². The maximum absolute atomic E-state index is 11.7. The average molecular weight is 330 g/mol. The van der Waals surface area contributed by atoms with E-state index in [0.717, 1.165) is 16.9 Å². The first-order valence-electron chi connectivity index (χ1n) is 7.96. The van der Waals surface area contributed by atoms with Crippen LogP contribution in [-0.2, 0) is 4.79 Å². The van der Waals surface area contributed by atoms with Crippen molar-refractivity contribution in [2.75, 3.05) is 5.32 Å². The fraction of sp³-hybridized carbons (Fsp3) is 0.0476. The predicted molar refractivity (Wildman–Crippen MR) is 101 cm³/mol. The van der Waals surface area contributed by atoms with Crippen molar-refractivity contribution in [2.45, 2.75) is 6.04 Å². The zero-order valence-electron chi connectivity index (χ0n) is 13.5. The molecule has 3 aromatic rings. The van der Waals surface area contributed by atoms with Gasteiger partial charge in [0.15, 0.2) is 6.04 Å². The molecule has 0 aliphatic heterocycles. The van der Waals surface area contributed by atoms with Crippen molar-refractivity contribution in [3.63, 3.8) is 0 Å². The molecule has 0 aliphatic carbocycles. The third-order valence-corrected chi connectivity index (χ3v) is 3.75. The second-order valence-corrected chi connectivity index (χ2v) is 5.51. The quantitative estimate of drug-likeness (QED) is 0.645. The van der Waals surface area contributed by atoms with Gasteiger partial charge in [0.05, 0.1) is 5.69 Å². The van der Waals surface area contributed by atoms with Crippen molar-refractivity contribution < 1.29 is 9.90 Å². The molecule has 25 heavy (non-hydrogen) atoms. The van der Waals surface area contributed by atoms with E-state index in [-0.39, 0.29) is 0 Å². The van der Waals surface area contributed by atoms with Gasteiger partial charge in [0.1, 0.15) is 0 Å². The number of benzene rings is 3. The zero-order chi connectivity index (χ0) is 17.5. The summed E-state index contributed by atoms with van der Waals surface area (Å²) < 4.78 is 0. The highest BCUT2D eigenvalue weighted by atomic mass is 16.4. The van der Waals surface area contributed by atoms with Crippen LogP contribution in [0.3, 0.4) is 0 Å². The van der Waals surface area contributed by atoms with E-state index in [0.29, 0.717) is 5.56 Å². The lowest BCUT2D eigenvalue weighted by atomic mass is 10.1. The van der Waals surface area contributed by atoms with E-state index in [9.17, 15) is 9.90 Å². The number of hydrogen-bond acceptors (Lipinski definition) is 3. The van der Waals surface area contributed by atoms with Crippen molar-refractivity contribution in [1.29, 1.82) is 0 Å². The van der Waals surface area contributed by atoms with Crippen LogP contribution in [0.1, 0.15) is 17.2 Å². The molecular weight excluding hydrogens is 312 g/mol. The van der Waals surface area contributed by atoms with Crippen molar-refractivity contribution in [3.8, 4) is 0 Å². The van der Waals surface area contributed by atoms with Crippen LogP contribution >= 0.6 is 0 Å². The molecule has 0 bridgehead atoms. The van der Waals surface area contributed by atoms with Crippen LogP contribution in [0.2, 0.25) is 0 Å². The summed E-state index contributed by atoms with van der Waals surface area (Å²) in [4.78, 5) is 16.1. The molecule has 0 spiro atoms. The minimum atomic E-state index is -0.930. The third kappa shape index (κ3) is 4.32. The molecule has 124 valence electrons. The second-order valence-electron chi connectivity index (χ2n) is 5.51. The van der Waals surface area contributed by atoms with E-state index in [2.05, 4.69) is 10.3 Å². The lowest BCUT2D eigenvalue weighted by Gasteiger charge is -2.17. The second kappa shape index (κ2) is 7.93. The highest BCUT2D eigenvalue weighted by Gasteiger charge is 2.19. The third-order valence-electron chi connectivity index (χ3n) is 3.75. The number of hydrogen-bond donors (Lipinski definition) is 2. The van der Waals surface area contributed by atoms with Gasteiger partial charge in [-0.1, -0.05) is 66.7 Å². The van der Waals surface area contributed by atoms with Crippen LogP contribution in [0, 0.1) is 0 Å². The summed E-state index contributed by atoms with van der Waals surface area (Å²) in [6.45, 7) is 0. The first-order valence-corrected chi connectivity index (χ1v) is 7.96. The first kappa shape index (κ1) is 16.5. The van der Waals surface area contributed by atoms with Crippen LogP contribution in [0.4, 0.5) is 11.4 Å². The lowest BCUT2D eigenvalue weighted by Crippen LogP contribution is -2.21. The van der Waals surface area contributed by atoms with Crippen molar-refractivity contribution >= 4 is 23.6 Å². The van der Waals surface area contributed by atoms with Crippen LogP contribution in [0.25, 0.3) is 0 Å². The fourth-order valence-electron chi connectivity index (χ4n) is 2.49. The van der Waals surface area contributed by atoms with Gasteiger partial charge in [0, 0.05) is 17.5 Å². The van der Waals surface area contributed by atoms with Gasteiger partial charge in [-0.2, -0.15) is 0 Å². The van der Waals surface area contributed by atoms with Gasteiger partial charge in [-0.15, -0.1) is 0 Å². The molecule has 4 heteroatoms. The summed E-state index contributed by atoms with van der Waals surface area (Å²) in [5.74, 6) is -0.930. The Bertz CT molecular complexity index is 861. The molecule has 4 nitrogen and oxygen atoms in total. The number of aliphatic imine (C=N–C) groups is 1. The molecule has 0 amide bonds. The largest absolute Gasteiger partial charge is 0.479 e. The van der Waals surface area contributed by atoms with Crippen molar-refractivity contribution in [3.05, 3.63) is 96.1 Å². The van der Waals surface area contributed by atoms with Gasteiger partial charge in [0.2, 0.25) is 0 Å². The molecule has 1 atom stereocenters. The summed E-state index contributed by atoms with van der Waals surface area (Å²) in [5.41, 5.74) is 3.09. The number of carbonyl (C=O) groups is 1. The standard InChI is InChI=1S/C21H18N2O2/c24-21(25)20(16-9-3-1-4-10-16)23-19-14-8-7-11-17(19)15-22-18-12-5-2-6-13-18/h1-15,20,23H,(H,24,25). The van der Waals surface area contributed by atoms with Gasteiger partial charge < -0.3 is 10.4 Å². The molecular formula is C21H18N2O2. The molecule has 3 rings (SSSR count). The molecule has 0 fully saturated rings. The summed E-state index contributed by atoms with van der Waals surface area (Å²) in [6.07, 6.45) is 1.74. The first-order chi connectivity index (χ1) is 12.2. The van der Waals surface area contributed by atoms with Crippen LogP contribution in [0.5, 0.6) is 0 Å². The number of nitrogens with zero attached hydrogens (tertiary/aromatic N) is 1.